The van der Waals surface area contributed by atoms with E-state index >= 15 is 0 Å². The molecule has 1 heterocycles. The van der Waals surface area contributed by atoms with Gasteiger partial charge in [-0.15, -0.1) is 0 Å². The number of rotatable bonds is 6. The number of amides is 1. The van der Waals surface area contributed by atoms with Gasteiger partial charge in [0.1, 0.15) is 5.82 Å². The van der Waals surface area contributed by atoms with Gasteiger partial charge < -0.3 is 10.2 Å². The second kappa shape index (κ2) is 8.28. The number of halogens is 1. The van der Waals surface area contributed by atoms with Crippen molar-refractivity contribution >= 4 is 5.91 Å². The number of nitrogens with one attached hydrogen (secondary N) is 1. The Balaban J connectivity index is 1.77. The Morgan fingerprint density at radius 1 is 1.41 bits per heavy atom. The molecule has 0 spiro atoms. The molecular weight excluding hydrogens is 279 g/mol. The first kappa shape index (κ1) is 16.9. The van der Waals surface area contributed by atoms with Gasteiger partial charge in [0.15, 0.2) is 0 Å². The van der Waals surface area contributed by atoms with Gasteiger partial charge in [-0.05, 0) is 62.4 Å². The van der Waals surface area contributed by atoms with Crippen molar-refractivity contribution in [3.8, 4) is 0 Å². The molecule has 0 saturated carbocycles. The van der Waals surface area contributed by atoms with Crippen LogP contribution >= 0.6 is 0 Å². The van der Waals surface area contributed by atoms with E-state index in [0.717, 1.165) is 44.5 Å². The van der Waals surface area contributed by atoms with Crippen molar-refractivity contribution < 1.29 is 9.18 Å². The molecule has 1 aromatic carbocycles. The fourth-order valence-corrected chi connectivity index (χ4v) is 3.24. The average molecular weight is 306 g/mol. The zero-order chi connectivity index (χ0) is 15.9. The molecule has 0 aliphatic carbocycles. The van der Waals surface area contributed by atoms with Crippen molar-refractivity contribution in [3.63, 3.8) is 0 Å². The maximum atomic E-state index is 13.2. The Hall–Kier alpha value is -1.42. The van der Waals surface area contributed by atoms with E-state index in [2.05, 4.69) is 12.2 Å². The van der Waals surface area contributed by atoms with E-state index < -0.39 is 0 Å². The van der Waals surface area contributed by atoms with Gasteiger partial charge in [0.05, 0.1) is 0 Å². The van der Waals surface area contributed by atoms with E-state index in [9.17, 15) is 9.18 Å². The van der Waals surface area contributed by atoms with Gasteiger partial charge >= 0.3 is 0 Å². The lowest BCUT2D eigenvalue weighted by Crippen LogP contribution is -2.41. The van der Waals surface area contributed by atoms with Gasteiger partial charge in [-0.2, -0.15) is 0 Å². The lowest BCUT2D eigenvalue weighted by atomic mass is 9.94. The first-order valence-electron chi connectivity index (χ1n) is 8.25. The van der Waals surface area contributed by atoms with Crippen molar-refractivity contribution in [2.24, 2.45) is 11.8 Å². The number of piperidine rings is 1. The third-order valence-electron chi connectivity index (χ3n) is 4.46. The lowest BCUT2D eigenvalue weighted by Gasteiger charge is -2.32. The molecule has 1 saturated heterocycles. The summed E-state index contributed by atoms with van der Waals surface area (Å²) in [5, 5.41) is 3.21. The molecule has 1 aromatic rings. The van der Waals surface area contributed by atoms with Crippen LogP contribution in [0.25, 0.3) is 0 Å². The fraction of sp³-hybridized carbons (Fsp3) is 0.611. The van der Waals surface area contributed by atoms with Crippen LogP contribution in [0.1, 0.15) is 31.7 Å². The molecule has 1 aliphatic heterocycles. The van der Waals surface area contributed by atoms with Crippen LogP contribution in [-0.4, -0.2) is 37.5 Å². The maximum absolute atomic E-state index is 13.2. The quantitative estimate of drug-likeness (QED) is 0.876. The van der Waals surface area contributed by atoms with Crippen LogP contribution in [0.5, 0.6) is 0 Å². The molecule has 0 radical (unpaired) electrons. The number of carbonyl (C=O) groups is 1. The number of nitrogens with zero attached hydrogens (tertiary/aromatic N) is 1. The fourth-order valence-electron chi connectivity index (χ4n) is 3.24. The summed E-state index contributed by atoms with van der Waals surface area (Å²) in [7, 11) is 1.98. The molecule has 1 atom stereocenters. The van der Waals surface area contributed by atoms with Gasteiger partial charge in [-0.25, -0.2) is 4.39 Å². The summed E-state index contributed by atoms with van der Waals surface area (Å²) in [5.74, 6) is 0.970. The summed E-state index contributed by atoms with van der Waals surface area (Å²) in [5.41, 5.74) is 0.966. The molecule has 0 aromatic heterocycles. The SMILES string of the molecule is CNCC1CCN(C(=O)CC(C)Cc2cccc(F)c2)CC1. The molecule has 3 nitrogen and oxygen atoms in total. The Labute approximate surface area is 132 Å². The standard InChI is InChI=1S/C18H27FN2O/c1-14(10-16-4-3-5-17(19)12-16)11-18(22)21-8-6-15(7-9-21)13-20-2/h3-5,12,14-15,20H,6-11,13H2,1-2H3. The van der Waals surface area contributed by atoms with Crippen molar-refractivity contribution in [1.29, 1.82) is 0 Å². The van der Waals surface area contributed by atoms with E-state index in [1.54, 1.807) is 12.1 Å². The summed E-state index contributed by atoms with van der Waals surface area (Å²) in [4.78, 5) is 14.4. The molecule has 1 amide bonds. The van der Waals surface area contributed by atoms with Crippen molar-refractivity contribution in [2.75, 3.05) is 26.7 Å². The minimum Gasteiger partial charge on any atom is -0.343 e. The predicted molar refractivity (Wildman–Crippen MR) is 87.1 cm³/mol. The molecule has 22 heavy (non-hydrogen) atoms. The summed E-state index contributed by atoms with van der Waals surface area (Å²) >= 11 is 0. The normalized spacial score (nSPS) is 17.5. The zero-order valence-corrected chi connectivity index (χ0v) is 13.6. The molecular formula is C18H27FN2O. The van der Waals surface area contributed by atoms with Crippen LogP contribution in [-0.2, 0) is 11.2 Å². The zero-order valence-electron chi connectivity index (χ0n) is 13.6. The smallest absolute Gasteiger partial charge is 0.222 e. The Morgan fingerprint density at radius 3 is 2.77 bits per heavy atom. The van der Waals surface area contributed by atoms with E-state index in [0.29, 0.717) is 12.3 Å². The largest absolute Gasteiger partial charge is 0.343 e. The number of hydrogen-bond acceptors (Lipinski definition) is 2. The minimum atomic E-state index is -0.206. The number of carbonyl (C=O) groups excluding carboxylic acids is 1. The Morgan fingerprint density at radius 2 is 2.14 bits per heavy atom. The molecule has 1 unspecified atom stereocenters. The summed E-state index contributed by atoms with van der Waals surface area (Å²) in [6.45, 7) is 4.85. The number of hydrogen-bond donors (Lipinski definition) is 1. The van der Waals surface area contributed by atoms with Crippen LogP contribution in [0.3, 0.4) is 0 Å². The molecule has 1 aliphatic rings. The van der Waals surface area contributed by atoms with E-state index in [1.807, 2.05) is 18.0 Å². The van der Waals surface area contributed by atoms with Crippen molar-refractivity contribution in [2.45, 2.75) is 32.6 Å². The Kier molecular flexibility index (Phi) is 6.37. The highest BCUT2D eigenvalue weighted by atomic mass is 19.1. The lowest BCUT2D eigenvalue weighted by molar-refractivity contribution is -0.133. The molecule has 122 valence electrons. The van der Waals surface area contributed by atoms with E-state index in [1.165, 1.54) is 6.07 Å². The van der Waals surface area contributed by atoms with Crippen LogP contribution in [0.15, 0.2) is 24.3 Å². The number of benzene rings is 1. The third kappa shape index (κ3) is 5.09. The summed E-state index contributed by atoms with van der Waals surface area (Å²) < 4.78 is 13.2. The summed E-state index contributed by atoms with van der Waals surface area (Å²) in [6.07, 6.45) is 3.47. The van der Waals surface area contributed by atoms with Crippen LogP contribution in [0.4, 0.5) is 4.39 Å². The first-order chi connectivity index (χ1) is 10.6. The highest BCUT2D eigenvalue weighted by Gasteiger charge is 2.23. The first-order valence-corrected chi connectivity index (χ1v) is 8.25. The van der Waals surface area contributed by atoms with Gasteiger partial charge in [-0.1, -0.05) is 19.1 Å². The highest BCUT2D eigenvalue weighted by molar-refractivity contribution is 5.76. The molecule has 1 fully saturated rings. The predicted octanol–water partition coefficient (Wildman–Crippen LogP) is 2.85. The van der Waals surface area contributed by atoms with Crippen LogP contribution in [0.2, 0.25) is 0 Å². The topological polar surface area (TPSA) is 32.3 Å². The monoisotopic (exact) mass is 306 g/mol. The molecule has 0 bridgehead atoms. The number of likely N-dealkylation sites (tertiary alicyclic amines) is 1. The van der Waals surface area contributed by atoms with Crippen molar-refractivity contribution in [3.05, 3.63) is 35.6 Å². The van der Waals surface area contributed by atoms with Crippen LogP contribution < -0.4 is 5.32 Å². The third-order valence-corrected chi connectivity index (χ3v) is 4.46. The second-order valence-electron chi connectivity index (χ2n) is 6.53. The van der Waals surface area contributed by atoms with E-state index in [4.69, 9.17) is 0 Å². The van der Waals surface area contributed by atoms with Gasteiger partial charge in [0.2, 0.25) is 5.91 Å². The summed E-state index contributed by atoms with van der Waals surface area (Å²) in [6, 6.07) is 6.66. The van der Waals surface area contributed by atoms with Crippen molar-refractivity contribution in [1.82, 2.24) is 10.2 Å². The molecule has 2 rings (SSSR count). The maximum Gasteiger partial charge on any atom is 0.222 e. The van der Waals surface area contributed by atoms with Crippen LogP contribution in [0, 0.1) is 17.7 Å². The highest BCUT2D eigenvalue weighted by Crippen LogP contribution is 2.19. The molecule has 4 heteroatoms. The Bertz CT molecular complexity index is 484. The van der Waals surface area contributed by atoms with Gasteiger partial charge in [-0.3, -0.25) is 4.79 Å². The van der Waals surface area contributed by atoms with E-state index in [-0.39, 0.29) is 17.6 Å². The van der Waals surface area contributed by atoms with Gasteiger partial charge in [0, 0.05) is 19.5 Å². The second-order valence-corrected chi connectivity index (χ2v) is 6.53. The minimum absolute atomic E-state index is 0.206. The average Bonchev–Trinajstić information content (AvgIpc) is 2.48. The molecule has 1 N–H and O–H groups in total. The van der Waals surface area contributed by atoms with Gasteiger partial charge in [0.25, 0.3) is 0 Å².